The quantitative estimate of drug-likeness (QED) is 0.933. The fourth-order valence-electron chi connectivity index (χ4n) is 2.96. The number of nitrogens with one attached hydrogen (secondary N) is 1. The smallest absolute Gasteiger partial charge is 0.0665 e. The molecule has 4 heteroatoms. The number of morpholine rings is 1. The molecule has 0 saturated carbocycles. The Balaban J connectivity index is 1.84. The van der Waals surface area contributed by atoms with Gasteiger partial charge >= 0.3 is 0 Å². The molecule has 1 aliphatic heterocycles. The van der Waals surface area contributed by atoms with Crippen molar-refractivity contribution in [3.05, 3.63) is 52.8 Å². The van der Waals surface area contributed by atoms with Gasteiger partial charge < -0.3 is 4.74 Å². The average Bonchev–Trinajstić information content (AvgIpc) is 2.80. The molecule has 0 radical (unpaired) electrons. The minimum atomic E-state index is 0.294. The Morgan fingerprint density at radius 1 is 1.30 bits per heavy atom. The van der Waals surface area contributed by atoms with E-state index in [1.165, 1.54) is 11.1 Å². The summed E-state index contributed by atoms with van der Waals surface area (Å²) in [6, 6.07) is 10.9. The van der Waals surface area contributed by atoms with Crippen LogP contribution >= 0.6 is 0 Å². The second kappa shape index (κ2) is 5.77. The van der Waals surface area contributed by atoms with E-state index in [-0.39, 0.29) is 0 Å². The SMILES string of the molecule is Cc1n[nH]c(C)c1C1COCCN1Cc1ccccc1. The van der Waals surface area contributed by atoms with E-state index in [0.29, 0.717) is 6.04 Å². The molecule has 3 rings (SSSR count). The molecule has 1 atom stereocenters. The van der Waals surface area contributed by atoms with Crippen molar-refractivity contribution in [2.24, 2.45) is 0 Å². The van der Waals surface area contributed by atoms with Gasteiger partial charge in [-0.25, -0.2) is 0 Å². The van der Waals surface area contributed by atoms with Crippen LogP contribution in [0, 0.1) is 13.8 Å². The molecule has 1 unspecified atom stereocenters. The highest BCUT2D eigenvalue weighted by molar-refractivity contribution is 5.28. The number of nitrogens with zero attached hydrogens (tertiary/aromatic N) is 2. The molecule has 1 saturated heterocycles. The van der Waals surface area contributed by atoms with Gasteiger partial charge in [-0.1, -0.05) is 30.3 Å². The van der Waals surface area contributed by atoms with E-state index in [0.717, 1.165) is 37.7 Å². The van der Waals surface area contributed by atoms with Gasteiger partial charge in [0.25, 0.3) is 0 Å². The molecule has 2 heterocycles. The Hall–Kier alpha value is -1.65. The van der Waals surface area contributed by atoms with Crippen molar-refractivity contribution in [2.75, 3.05) is 19.8 Å². The van der Waals surface area contributed by atoms with Crippen molar-refractivity contribution in [3.63, 3.8) is 0 Å². The third-order valence-electron chi connectivity index (χ3n) is 3.99. The van der Waals surface area contributed by atoms with Gasteiger partial charge in [0.1, 0.15) is 0 Å². The minimum absolute atomic E-state index is 0.294. The van der Waals surface area contributed by atoms with Crippen molar-refractivity contribution < 1.29 is 4.74 Å². The van der Waals surface area contributed by atoms with Gasteiger partial charge in [0.2, 0.25) is 0 Å². The topological polar surface area (TPSA) is 41.1 Å². The first-order chi connectivity index (χ1) is 9.75. The van der Waals surface area contributed by atoms with Crippen LogP contribution in [-0.4, -0.2) is 34.9 Å². The Bertz CT molecular complexity index is 545. The van der Waals surface area contributed by atoms with E-state index in [9.17, 15) is 0 Å². The van der Waals surface area contributed by atoms with Gasteiger partial charge in [-0.2, -0.15) is 5.10 Å². The summed E-state index contributed by atoms with van der Waals surface area (Å²) in [5, 5.41) is 7.41. The highest BCUT2D eigenvalue weighted by Crippen LogP contribution is 2.29. The first-order valence-electron chi connectivity index (χ1n) is 7.13. The van der Waals surface area contributed by atoms with Crippen LogP contribution in [0.2, 0.25) is 0 Å². The summed E-state index contributed by atoms with van der Waals surface area (Å²) in [4.78, 5) is 2.49. The normalized spacial score (nSPS) is 20.2. The first kappa shape index (κ1) is 13.3. The third kappa shape index (κ3) is 2.62. The molecular formula is C16H21N3O. The first-order valence-corrected chi connectivity index (χ1v) is 7.13. The van der Waals surface area contributed by atoms with Crippen LogP contribution in [0.5, 0.6) is 0 Å². The lowest BCUT2D eigenvalue weighted by atomic mass is 10.0. The molecule has 1 aromatic heterocycles. The van der Waals surface area contributed by atoms with Crippen LogP contribution in [0.25, 0.3) is 0 Å². The van der Waals surface area contributed by atoms with E-state index in [1.807, 2.05) is 0 Å². The molecule has 0 bridgehead atoms. The van der Waals surface area contributed by atoms with Gasteiger partial charge in [-0.15, -0.1) is 0 Å². The Morgan fingerprint density at radius 3 is 2.80 bits per heavy atom. The lowest BCUT2D eigenvalue weighted by Gasteiger charge is -2.36. The summed E-state index contributed by atoms with van der Waals surface area (Å²) < 4.78 is 5.70. The number of benzene rings is 1. The molecule has 4 nitrogen and oxygen atoms in total. The van der Waals surface area contributed by atoms with Crippen molar-refractivity contribution in [1.82, 2.24) is 15.1 Å². The Morgan fingerprint density at radius 2 is 2.10 bits per heavy atom. The molecule has 1 fully saturated rings. The Labute approximate surface area is 119 Å². The lowest BCUT2D eigenvalue weighted by Crippen LogP contribution is -2.39. The fraction of sp³-hybridized carbons (Fsp3) is 0.438. The maximum absolute atomic E-state index is 5.70. The summed E-state index contributed by atoms with van der Waals surface area (Å²) >= 11 is 0. The number of rotatable bonds is 3. The lowest BCUT2D eigenvalue weighted by molar-refractivity contribution is -0.0131. The van der Waals surface area contributed by atoms with Gasteiger partial charge in [0.05, 0.1) is 24.9 Å². The van der Waals surface area contributed by atoms with Crippen LogP contribution < -0.4 is 0 Å². The molecule has 0 aliphatic carbocycles. The second-order valence-corrected chi connectivity index (χ2v) is 5.39. The van der Waals surface area contributed by atoms with Crippen molar-refractivity contribution in [2.45, 2.75) is 26.4 Å². The van der Waals surface area contributed by atoms with Crippen LogP contribution in [0.4, 0.5) is 0 Å². The average molecular weight is 271 g/mol. The van der Waals surface area contributed by atoms with Gasteiger partial charge in [-0.3, -0.25) is 10.00 Å². The van der Waals surface area contributed by atoms with Crippen LogP contribution in [0.15, 0.2) is 30.3 Å². The summed E-state index contributed by atoms with van der Waals surface area (Å²) in [5.74, 6) is 0. The van der Waals surface area contributed by atoms with E-state index >= 15 is 0 Å². The fourth-order valence-corrected chi connectivity index (χ4v) is 2.96. The summed E-state index contributed by atoms with van der Waals surface area (Å²) in [6.07, 6.45) is 0. The van der Waals surface area contributed by atoms with Crippen LogP contribution in [0.3, 0.4) is 0 Å². The van der Waals surface area contributed by atoms with E-state index in [1.54, 1.807) is 0 Å². The molecule has 2 aromatic rings. The zero-order valence-electron chi connectivity index (χ0n) is 12.1. The van der Waals surface area contributed by atoms with Gasteiger partial charge in [-0.05, 0) is 19.4 Å². The standard InChI is InChI=1S/C16H21N3O/c1-12-16(13(2)18-17-12)15-11-20-9-8-19(15)10-14-6-4-3-5-7-14/h3-7,15H,8-11H2,1-2H3,(H,17,18). The molecule has 0 amide bonds. The predicted octanol–water partition coefficient (Wildman–Crippen LogP) is 2.60. The highest BCUT2D eigenvalue weighted by atomic mass is 16.5. The molecule has 20 heavy (non-hydrogen) atoms. The van der Waals surface area contributed by atoms with Crippen molar-refractivity contribution in [3.8, 4) is 0 Å². The molecule has 1 aromatic carbocycles. The van der Waals surface area contributed by atoms with Gasteiger partial charge in [0, 0.05) is 24.3 Å². The number of aromatic nitrogens is 2. The molecule has 1 aliphatic rings. The summed E-state index contributed by atoms with van der Waals surface area (Å²) in [6.45, 7) is 7.62. The maximum atomic E-state index is 5.70. The van der Waals surface area contributed by atoms with Crippen molar-refractivity contribution in [1.29, 1.82) is 0 Å². The third-order valence-corrected chi connectivity index (χ3v) is 3.99. The van der Waals surface area contributed by atoms with Crippen LogP contribution in [-0.2, 0) is 11.3 Å². The number of ether oxygens (including phenoxy) is 1. The second-order valence-electron chi connectivity index (χ2n) is 5.39. The van der Waals surface area contributed by atoms with Gasteiger partial charge in [0.15, 0.2) is 0 Å². The largest absolute Gasteiger partial charge is 0.378 e. The van der Waals surface area contributed by atoms with E-state index in [4.69, 9.17) is 4.74 Å². The molecular weight excluding hydrogens is 250 g/mol. The molecule has 106 valence electrons. The van der Waals surface area contributed by atoms with Crippen molar-refractivity contribution >= 4 is 0 Å². The number of aryl methyl sites for hydroxylation is 2. The zero-order chi connectivity index (χ0) is 13.9. The highest BCUT2D eigenvalue weighted by Gasteiger charge is 2.28. The summed E-state index contributed by atoms with van der Waals surface area (Å²) in [5.41, 5.74) is 4.87. The number of hydrogen-bond acceptors (Lipinski definition) is 3. The number of hydrogen-bond donors (Lipinski definition) is 1. The van der Waals surface area contributed by atoms with Crippen LogP contribution in [0.1, 0.15) is 28.6 Å². The Kier molecular flexibility index (Phi) is 3.85. The zero-order valence-corrected chi connectivity index (χ0v) is 12.1. The maximum Gasteiger partial charge on any atom is 0.0665 e. The molecule has 1 N–H and O–H groups in total. The summed E-state index contributed by atoms with van der Waals surface area (Å²) in [7, 11) is 0. The molecule has 0 spiro atoms. The number of aromatic amines is 1. The van der Waals surface area contributed by atoms with E-state index in [2.05, 4.69) is 59.3 Å². The minimum Gasteiger partial charge on any atom is -0.378 e. The predicted molar refractivity (Wildman–Crippen MR) is 78.5 cm³/mol. The number of H-pyrrole nitrogens is 1. The van der Waals surface area contributed by atoms with E-state index < -0.39 is 0 Å². The monoisotopic (exact) mass is 271 g/mol.